The van der Waals surface area contributed by atoms with Crippen molar-refractivity contribution >= 4 is 11.6 Å². The second-order valence-electron chi connectivity index (χ2n) is 4.54. The first-order valence-corrected chi connectivity index (χ1v) is 6.76. The molecular weight excluding hydrogens is 311 g/mol. The average Bonchev–Trinajstić information content (AvgIpc) is 2.47. The van der Waals surface area contributed by atoms with Crippen molar-refractivity contribution in [3.05, 3.63) is 54.6 Å². The summed E-state index contributed by atoms with van der Waals surface area (Å²) in [4.78, 5) is 11.7. The fourth-order valence-corrected chi connectivity index (χ4v) is 1.77. The zero-order chi connectivity index (χ0) is 16.7. The number of halogens is 3. The summed E-state index contributed by atoms with van der Waals surface area (Å²) in [5.41, 5.74) is 0.219. The number of amides is 1. The Hall–Kier alpha value is -2.70. The smallest absolute Gasteiger partial charge is 0.493 e. The van der Waals surface area contributed by atoms with Crippen LogP contribution >= 0.6 is 0 Å². The number of anilines is 1. The van der Waals surface area contributed by atoms with Crippen molar-refractivity contribution in [2.75, 3.05) is 11.9 Å². The van der Waals surface area contributed by atoms with Crippen molar-refractivity contribution in [1.82, 2.24) is 0 Å². The molecule has 0 aromatic heterocycles. The van der Waals surface area contributed by atoms with Gasteiger partial charge in [0.2, 0.25) is 5.91 Å². The predicted octanol–water partition coefficient (Wildman–Crippen LogP) is 3.99. The van der Waals surface area contributed by atoms with Crippen LogP contribution in [0, 0.1) is 0 Å². The number of carbonyl (C=O) groups excluding carboxylic acids is 1. The molecule has 1 amide bonds. The molecule has 0 aliphatic rings. The molecule has 2 aromatic rings. The third-order valence-electron chi connectivity index (χ3n) is 2.69. The topological polar surface area (TPSA) is 47.6 Å². The Labute approximate surface area is 130 Å². The lowest BCUT2D eigenvalue weighted by atomic mass is 10.3. The number of hydrogen-bond acceptors (Lipinski definition) is 3. The average molecular weight is 325 g/mol. The van der Waals surface area contributed by atoms with Crippen LogP contribution in [0.2, 0.25) is 0 Å². The van der Waals surface area contributed by atoms with Gasteiger partial charge in [-0.1, -0.05) is 24.3 Å². The third-order valence-corrected chi connectivity index (χ3v) is 2.69. The summed E-state index contributed by atoms with van der Waals surface area (Å²) in [5.74, 6) is -0.123. The molecule has 0 aliphatic heterocycles. The highest BCUT2D eigenvalue weighted by molar-refractivity contribution is 5.90. The molecule has 4 nitrogen and oxygen atoms in total. The Kier molecular flexibility index (Phi) is 5.46. The molecule has 1 N–H and O–H groups in total. The minimum absolute atomic E-state index is 0.0687. The Morgan fingerprint density at radius 3 is 2.39 bits per heavy atom. The minimum Gasteiger partial charge on any atom is -0.493 e. The van der Waals surface area contributed by atoms with Crippen LogP contribution in [0.25, 0.3) is 0 Å². The molecule has 2 aromatic carbocycles. The van der Waals surface area contributed by atoms with Crippen LogP contribution in [0.3, 0.4) is 0 Å². The highest BCUT2D eigenvalue weighted by atomic mass is 19.4. The molecule has 2 rings (SSSR count). The molecule has 23 heavy (non-hydrogen) atoms. The molecule has 122 valence electrons. The van der Waals surface area contributed by atoms with E-state index >= 15 is 0 Å². The Balaban J connectivity index is 1.82. The van der Waals surface area contributed by atoms with E-state index in [1.807, 2.05) is 18.2 Å². The largest absolute Gasteiger partial charge is 0.573 e. The number of alkyl halides is 3. The van der Waals surface area contributed by atoms with Crippen LogP contribution in [0.4, 0.5) is 18.9 Å². The van der Waals surface area contributed by atoms with Gasteiger partial charge in [-0.25, -0.2) is 0 Å². The Bertz CT molecular complexity index is 645. The lowest BCUT2D eigenvalue weighted by molar-refractivity contribution is -0.274. The maximum Gasteiger partial charge on any atom is 0.573 e. The first kappa shape index (κ1) is 16.7. The summed E-state index contributed by atoms with van der Waals surface area (Å²) in [5, 5.41) is 2.49. The fourth-order valence-electron chi connectivity index (χ4n) is 1.77. The van der Waals surface area contributed by atoms with Crippen molar-refractivity contribution in [1.29, 1.82) is 0 Å². The predicted molar refractivity (Wildman–Crippen MR) is 78.3 cm³/mol. The molecule has 0 atom stereocenters. The highest BCUT2D eigenvalue weighted by Crippen LogP contribution is 2.25. The molecule has 0 radical (unpaired) electrons. The van der Waals surface area contributed by atoms with Crippen molar-refractivity contribution in [3.63, 3.8) is 0 Å². The van der Waals surface area contributed by atoms with Crippen LogP contribution in [0.5, 0.6) is 11.5 Å². The zero-order valence-corrected chi connectivity index (χ0v) is 12.0. The van der Waals surface area contributed by atoms with Crippen LogP contribution in [0.15, 0.2) is 54.6 Å². The molecule has 0 heterocycles. The second-order valence-corrected chi connectivity index (χ2v) is 4.54. The van der Waals surface area contributed by atoms with E-state index < -0.39 is 12.1 Å². The van der Waals surface area contributed by atoms with E-state index in [1.54, 1.807) is 12.1 Å². The van der Waals surface area contributed by atoms with E-state index in [9.17, 15) is 18.0 Å². The lowest BCUT2D eigenvalue weighted by Crippen LogP contribution is -2.18. The molecule has 0 fully saturated rings. The maximum absolute atomic E-state index is 12.1. The van der Waals surface area contributed by atoms with Gasteiger partial charge in [-0.15, -0.1) is 13.2 Å². The first-order valence-electron chi connectivity index (χ1n) is 6.76. The van der Waals surface area contributed by atoms with Gasteiger partial charge < -0.3 is 14.8 Å². The summed E-state index contributed by atoms with van der Waals surface area (Å²) in [6.07, 6.45) is -4.70. The molecular formula is C16H14F3NO3. The number of para-hydroxylation sites is 1. The molecule has 0 bridgehead atoms. The molecule has 0 saturated carbocycles. The third kappa shape index (κ3) is 6.29. The number of carbonyl (C=O) groups is 1. The monoisotopic (exact) mass is 325 g/mol. The standard InChI is InChI=1S/C16H14F3NO3/c17-16(18,19)23-14-8-4-5-12(11-14)20-15(21)9-10-22-13-6-2-1-3-7-13/h1-8,11H,9-10H2,(H,20,21). The number of rotatable bonds is 6. The normalized spacial score (nSPS) is 10.9. The molecule has 0 unspecified atom stereocenters. The van der Waals surface area contributed by atoms with Gasteiger partial charge in [-0.05, 0) is 24.3 Å². The zero-order valence-electron chi connectivity index (χ0n) is 12.0. The number of hydrogen-bond donors (Lipinski definition) is 1. The highest BCUT2D eigenvalue weighted by Gasteiger charge is 2.31. The summed E-state index contributed by atoms with van der Waals surface area (Å²) >= 11 is 0. The van der Waals surface area contributed by atoms with Gasteiger partial charge in [0.25, 0.3) is 0 Å². The van der Waals surface area contributed by atoms with Gasteiger partial charge in [0.15, 0.2) is 0 Å². The van der Waals surface area contributed by atoms with Crippen molar-refractivity contribution in [2.45, 2.75) is 12.8 Å². The summed E-state index contributed by atoms with van der Waals surface area (Å²) in [6.45, 7) is 0.161. The quantitative estimate of drug-likeness (QED) is 0.873. The molecule has 0 aliphatic carbocycles. The van der Waals surface area contributed by atoms with Gasteiger partial charge in [-0.3, -0.25) is 4.79 Å². The fraction of sp³-hybridized carbons (Fsp3) is 0.188. The van der Waals surface area contributed by atoms with E-state index in [0.717, 1.165) is 12.1 Å². The van der Waals surface area contributed by atoms with Gasteiger partial charge >= 0.3 is 6.36 Å². The van der Waals surface area contributed by atoms with E-state index in [1.165, 1.54) is 12.1 Å². The van der Waals surface area contributed by atoms with Gasteiger partial charge in [0.05, 0.1) is 13.0 Å². The Morgan fingerprint density at radius 1 is 1.00 bits per heavy atom. The molecule has 7 heteroatoms. The minimum atomic E-state index is -4.77. The maximum atomic E-state index is 12.1. The number of ether oxygens (including phenoxy) is 2. The van der Waals surface area contributed by atoms with E-state index in [4.69, 9.17) is 4.74 Å². The van der Waals surface area contributed by atoms with Gasteiger partial charge in [0.1, 0.15) is 11.5 Å². The van der Waals surface area contributed by atoms with E-state index in [2.05, 4.69) is 10.1 Å². The number of benzene rings is 2. The van der Waals surface area contributed by atoms with Crippen molar-refractivity contribution in [2.24, 2.45) is 0 Å². The Morgan fingerprint density at radius 2 is 1.70 bits per heavy atom. The van der Waals surface area contributed by atoms with E-state index in [0.29, 0.717) is 5.75 Å². The van der Waals surface area contributed by atoms with E-state index in [-0.39, 0.29) is 24.6 Å². The summed E-state index contributed by atoms with van der Waals surface area (Å²) in [6, 6.07) is 14.1. The van der Waals surface area contributed by atoms with Gasteiger partial charge in [-0.2, -0.15) is 0 Å². The van der Waals surface area contributed by atoms with Crippen molar-refractivity contribution in [3.8, 4) is 11.5 Å². The molecule has 0 spiro atoms. The summed E-state index contributed by atoms with van der Waals surface area (Å²) in [7, 11) is 0. The van der Waals surface area contributed by atoms with Crippen LogP contribution in [-0.2, 0) is 4.79 Å². The lowest BCUT2D eigenvalue weighted by Gasteiger charge is -2.11. The van der Waals surface area contributed by atoms with Gasteiger partial charge in [0, 0.05) is 11.8 Å². The molecule has 0 saturated heterocycles. The summed E-state index contributed by atoms with van der Waals surface area (Å²) < 4.78 is 45.6. The van der Waals surface area contributed by atoms with Crippen LogP contribution in [-0.4, -0.2) is 18.9 Å². The second kappa shape index (κ2) is 7.53. The van der Waals surface area contributed by atoms with Crippen molar-refractivity contribution < 1.29 is 27.4 Å². The number of nitrogens with one attached hydrogen (secondary N) is 1. The first-order chi connectivity index (χ1) is 10.9. The van der Waals surface area contributed by atoms with Crippen LogP contribution in [0.1, 0.15) is 6.42 Å². The SMILES string of the molecule is O=C(CCOc1ccccc1)Nc1cccc(OC(F)(F)F)c1. The van der Waals surface area contributed by atoms with Crippen LogP contribution < -0.4 is 14.8 Å².